The SMILES string of the molecule is Nc1ccc(CC(=O)N[C@@H](C(=O)O)c2ccccc2)cc1. The summed E-state index contributed by atoms with van der Waals surface area (Å²) in [6, 6.07) is 14.4. The first-order chi connectivity index (χ1) is 10.1. The van der Waals surface area contributed by atoms with E-state index in [1.807, 2.05) is 0 Å². The maximum atomic E-state index is 12.0. The van der Waals surface area contributed by atoms with Gasteiger partial charge in [0.05, 0.1) is 6.42 Å². The van der Waals surface area contributed by atoms with Crippen molar-refractivity contribution < 1.29 is 14.7 Å². The molecule has 2 aromatic rings. The van der Waals surface area contributed by atoms with Crippen LogP contribution in [0.5, 0.6) is 0 Å². The number of carboxylic acid groups (broad SMARTS) is 1. The molecule has 0 unspecified atom stereocenters. The van der Waals surface area contributed by atoms with Crippen LogP contribution in [-0.2, 0) is 16.0 Å². The number of amides is 1. The van der Waals surface area contributed by atoms with Gasteiger partial charge in [0.1, 0.15) is 0 Å². The fourth-order valence-electron chi connectivity index (χ4n) is 1.97. The number of nitrogen functional groups attached to an aromatic ring is 1. The van der Waals surface area contributed by atoms with Crippen LogP contribution < -0.4 is 11.1 Å². The summed E-state index contributed by atoms with van der Waals surface area (Å²) in [5.74, 6) is -1.44. The number of rotatable bonds is 5. The molecule has 1 atom stereocenters. The molecule has 2 rings (SSSR count). The zero-order valence-electron chi connectivity index (χ0n) is 11.3. The molecule has 0 aromatic heterocycles. The number of hydrogen-bond donors (Lipinski definition) is 3. The van der Waals surface area contributed by atoms with Crippen LogP contribution in [0.25, 0.3) is 0 Å². The molecule has 108 valence electrons. The Hall–Kier alpha value is -2.82. The summed E-state index contributed by atoms with van der Waals surface area (Å²) >= 11 is 0. The molecule has 5 heteroatoms. The normalized spacial score (nSPS) is 11.6. The summed E-state index contributed by atoms with van der Waals surface area (Å²) in [5, 5.41) is 11.8. The molecule has 0 fully saturated rings. The molecule has 0 radical (unpaired) electrons. The Labute approximate surface area is 122 Å². The lowest BCUT2D eigenvalue weighted by atomic mass is 10.1. The Kier molecular flexibility index (Phi) is 4.56. The third-order valence-electron chi connectivity index (χ3n) is 3.03. The summed E-state index contributed by atoms with van der Waals surface area (Å²) < 4.78 is 0. The van der Waals surface area contributed by atoms with Crippen molar-refractivity contribution in [2.24, 2.45) is 0 Å². The molecular weight excluding hydrogens is 268 g/mol. The summed E-state index contributed by atoms with van der Waals surface area (Å²) in [6.07, 6.45) is 0.108. The van der Waals surface area contributed by atoms with Gasteiger partial charge in [0.2, 0.25) is 5.91 Å². The van der Waals surface area contributed by atoms with E-state index in [9.17, 15) is 14.7 Å². The Morgan fingerprint density at radius 3 is 2.24 bits per heavy atom. The van der Waals surface area contributed by atoms with Crippen LogP contribution in [0.1, 0.15) is 17.2 Å². The number of anilines is 1. The van der Waals surface area contributed by atoms with Crippen molar-refractivity contribution in [1.29, 1.82) is 0 Å². The first-order valence-corrected chi connectivity index (χ1v) is 6.48. The van der Waals surface area contributed by atoms with E-state index in [1.54, 1.807) is 54.6 Å². The van der Waals surface area contributed by atoms with Crippen molar-refractivity contribution in [2.45, 2.75) is 12.5 Å². The average molecular weight is 284 g/mol. The molecule has 4 N–H and O–H groups in total. The third kappa shape index (κ3) is 4.07. The smallest absolute Gasteiger partial charge is 0.330 e. The number of nitrogens with one attached hydrogen (secondary N) is 1. The second kappa shape index (κ2) is 6.56. The van der Waals surface area contributed by atoms with Crippen LogP contribution in [0.15, 0.2) is 54.6 Å². The minimum absolute atomic E-state index is 0.108. The van der Waals surface area contributed by atoms with Gasteiger partial charge in [-0.2, -0.15) is 0 Å². The molecule has 5 nitrogen and oxygen atoms in total. The summed E-state index contributed by atoms with van der Waals surface area (Å²) in [6.45, 7) is 0. The molecule has 0 bridgehead atoms. The van der Waals surface area contributed by atoms with E-state index in [0.717, 1.165) is 5.56 Å². The molecule has 0 spiro atoms. The minimum atomic E-state index is -1.09. The molecular formula is C16H16N2O3. The van der Waals surface area contributed by atoms with E-state index in [2.05, 4.69) is 5.32 Å². The van der Waals surface area contributed by atoms with Gasteiger partial charge in [-0.25, -0.2) is 4.79 Å². The first kappa shape index (κ1) is 14.6. The van der Waals surface area contributed by atoms with Crippen LogP contribution in [0, 0.1) is 0 Å². The highest BCUT2D eigenvalue weighted by atomic mass is 16.4. The van der Waals surface area contributed by atoms with Crippen LogP contribution in [0.3, 0.4) is 0 Å². The van der Waals surface area contributed by atoms with Crippen molar-refractivity contribution >= 4 is 17.6 Å². The predicted octanol–water partition coefficient (Wildman–Crippen LogP) is 1.75. The van der Waals surface area contributed by atoms with Gasteiger partial charge >= 0.3 is 5.97 Å². The standard InChI is InChI=1S/C16H16N2O3/c17-13-8-6-11(7-9-13)10-14(19)18-15(16(20)21)12-4-2-1-3-5-12/h1-9,15H,10,17H2,(H,18,19)(H,20,21)/t15-/m1/s1. The second-order valence-electron chi connectivity index (χ2n) is 4.67. The maximum Gasteiger partial charge on any atom is 0.330 e. The lowest BCUT2D eigenvalue weighted by molar-refractivity contribution is -0.141. The first-order valence-electron chi connectivity index (χ1n) is 6.48. The van der Waals surface area contributed by atoms with E-state index in [0.29, 0.717) is 11.3 Å². The largest absolute Gasteiger partial charge is 0.479 e. The molecule has 2 aromatic carbocycles. The van der Waals surface area contributed by atoms with Crippen molar-refractivity contribution in [1.82, 2.24) is 5.32 Å². The molecule has 0 aliphatic rings. The molecule has 0 saturated heterocycles. The summed E-state index contributed by atoms with van der Waals surface area (Å²) in [4.78, 5) is 23.3. The Morgan fingerprint density at radius 1 is 1.05 bits per heavy atom. The van der Waals surface area contributed by atoms with Gasteiger partial charge in [0.15, 0.2) is 6.04 Å². The second-order valence-corrected chi connectivity index (χ2v) is 4.67. The zero-order valence-corrected chi connectivity index (χ0v) is 11.3. The van der Waals surface area contributed by atoms with Gasteiger partial charge in [0.25, 0.3) is 0 Å². The summed E-state index contributed by atoms with van der Waals surface area (Å²) in [5.41, 5.74) is 7.51. The van der Waals surface area contributed by atoms with Crippen LogP contribution in [0.2, 0.25) is 0 Å². The van der Waals surface area contributed by atoms with Gasteiger partial charge < -0.3 is 16.2 Å². The number of benzene rings is 2. The number of hydrogen-bond acceptors (Lipinski definition) is 3. The van der Waals surface area contributed by atoms with E-state index in [4.69, 9.17) is 5.73 Å². The minimum Gasteiger partial charge on any atom is -0.479 e. The zero-order chi connectivity index (χ0) is 15.2. The molecule has 0 saturated carbocycles. The highest BCUT2D eigenvalue weighted by molar-refractivity contribution is 5.85. The Balaban J connectivity index is 2.05. The fourth-order valence-corrected chi connectivity index (χ4v) is 1.97. The van der Waals surface area contributed by atoms with Crippen molar-refractivity contribution in [2.75, 3.05) is 5.73 Å². The number of carbonyl (C=O) groups is 2. The lowest BCUT2D eigenvalue weighted by Gasteiger charge is -2.15. The molecule has 0 aliphatic carbocycles. The lowest BCUT2D eigenvalue weighted by Crippen LogP contribution is -2.34. The quantitative estimate of drug-likeness (QED) is 0.729. The van der Waals surface area contributed by atoms with Gasteiger partial charge in [-0.15, -0.1) is 0 Å². The van der Waals surface area contributed by atoms with Crippen LogP contribution >= 0.6 is 0 Å². The van der Waals surface area contributed by atoms with Crippen LogP contribution in [0.4, 0.5) is 5.69 Å². The predicted molar refractivity (Wildman–Crippen MR) is 79.5 cm³/mol. The highest BCUT2D eigenvalue weighted by Crippen LogP contribution is 2.13. The Morgan fingerprint density at radius 2 is 1.67 bits per heavy atom. The molecule has 0 heterocycles. The highest BCUT2D eigenvalue weighted by Gasteiger charge is 2.21. The molecule has 0 aliphatic heterocycles. The van der Waals surface area contributed by atoms with Gasteiger partial charge in [-0.3, -0.25) is 4.79 Å². The van der Waals surface area contributed by atoms with E-state index >= 15 is 0 Å². The average Bonchev–Trinajstić information content (AvgIpc) is 2.48. The van der Waals surface area contributed by atoms with Gasteiger partial charge in [0, 0.05) is 5.69 Å². The van der Waals surface area contributed by atoms with Crippen LogP contribution in [-0.4, -0.2) is 17.0 Å². The van der Waals surface area contributed by atoms with Gasteiger partial charge in [-0.05, 0) is 23.3 Å². The number of aliphatic carboxylic acids is 1. The Bertz CT molecular complexity index is 624. The van der Waals surface area contributed by atoms with Crippen molar-refractivity contribution in [3.05, 3.63) is 65.7 Å². The number of carboxylic acids is 1. The number of nitrogens with two attached hydrogens (primary N) is 1. The maximum absolute atomic E-state index is 12.0. The third-order valence-corrected chi connectivity index (χ3v) is 3.03. The molecule has 1 amide bonds. The number of carbonyl (C=O) groups excluding carboxylic acids is 1. The monoisotopic (exact) mass is 284 g/mol. The van der Waals surface area contributed by atoms with E-state index in [1.165, 1.54) is 0 Å². The van der Waals surface area contributed by atoms with Gasteiger partial charge in [-0.1, -0.05) is 42.5 Å². The van der Waals surface area contributed by atoms with E-state index in [-0.39, 0.29) is 12.3 Å². The molecule has 21 heavy (non-hydrogen) atoms. The van der Waals surface area contributed by atoms with Crippen molar-refractivity contribution in [3.8, 4) is 0 Å². The van der Waals surface area contributed by atoms with E-state index < -0.39 is 12.0 Å². The topological polar surface area (TPSA) is 92.4 Å². The van der Waals surface area contributed by atoms with Crippen molar-refractivity contribution in [3.63, 3.8) is 0 Å². The summed E-state index contributed by atoms with van der Waals surface area (Å²) in [7, 11) is 0. The fraction of sp³-hybridized carbons (Fsp3) is 0.125.